The van der Waals surface area contributed by atoms with Crippen LogP contribution in [0.5, 0.6) is 0 Å². The van der Waals surface area contributed by atoms with Gasteiger partial charge in [-0.2, -0.15) is 18.3 Å². The van der Waals surface area contributed by atoms with Gasteiger partial charge in [0.25, 0.3) is 0 Å². The van der Waals surface area contributed by atoms with Crippen molar-refractivity contribution in [2.75, 3.05) is 0 Å². The van der Waals surface area contributed by atoms with Crippen LogP contribution in [0.4, 0.5) is 13.2 Å². The topological polar surface area (TPSA) is 17.8 Å². The van der Waals surface area contributed by atoms with Crippen LogP contribution in [0.1, 0.15) is 16.8 Å². The molecule has 0 saturated carbocycles. The van der Waals surface area contributed by atoms with Gasteiger partial charge in [0.1, 0.15) is 0 Å². The lowest BCUT2D eigenvalue weighted by Crippen LogP contribution is -2.09. The predicted molar refractivity (Wildman–Crippen MR) is 106 cm³/mol. The first-order valence-electron chi connectivity index (χ1n) is 8.76. The molecule has 2 nitrogen and oxygen atoms in total. The highest BCUT2D eigenvalue weighted by Gasteiger charge is 2.35. The normalized spacial score (nSPS) is 11.7. The fourth-order valence-corrected chi connectivity index (χ4v) is 4.08. The average Bonchev–Trinajstić information content (AvgIpc) is 3.29. The van der Waals surface area contributed by atoms with Gasteiger partial charge in [-0.15, -0.1) is 11.3 Å². The van der Waals surface area contributed by atoms with Crippen LogP contribution in [-0.4, -0.2) is 9.78 Å². The lowest BCUT2D eigenvalue weighted by atomic mass is 10.1. The number of hydrogen-bond acceptors (Lipinski definition) is 2. The molecule has 6 heteroatoms. The first kappa shape index (κ1) is 18.5. The minimum Gasteiger partial charge on any atom is -0.259 e. The summed E-state index contributed by atoms with van der Waals surface area (Å²) < 4.78 is 41.3. The molecule has 2 aromatic heterocycles. The van der Waals surface area contributed by atoms with E-state index in [4.69, 9.17) is 0 Å². The lowest BCUT2D eigenvalue weighted by molar-refractivity contribution is -0.141. The number of alkyl halides is 3. The molecular formula is C22H17F3N2S. The molecule has 0 amide bonds. The van der Waals surface area contributed by atoms with Gasteiger partial charge in [0.15, 0.2) is 5.69 Å². The first-order chi connectivity index (χ1) is 13.4. The molecule has 2 heterocycles. The van der Waals surface area contributed by atoms with Crippen molar-refractivity contribution < 1.29 is 13.2 Å². The highest BCUT2D eigenvalue weighted by molar-refractivity contribution is 7.18. The van der Waals surface area contributed by atoms with Crippen molar-refractivity contribution in [3.05, 3.63) is 89.6 Å². The van der Waals surface area contributed by atoms with Gasteiger partial charge in [-0.3, -0.25) is 4.68 Å². The monoisotopic (exact) mass is 398 g/mol. The largest absolute Gasteiger partial charge is 0.435 e. The second kappa shape index (κ2) is 7.28. The Kier molecular flexibility index (Phi) is 4.81. The van der Waals surface area contributed by atoms with Gasteiger partial charge >= 0.3 is 6.18 Å². The van der Waals surface area contributed by atoms with Crippen molar-refractivity contribution in [3.63, 3.8) is 0 Å². The van der Waals surface area contributed by atoms with Crippen LogP contribution in [0.2, 0.25) is 0 Å². The molecule has 0 unspecified atom stereocenters. The summed E-state index contributed by atoms with van der Waals surface area (Å²) in [4.78, 5) is 1.77. The van der Waals surface area contributed by atoms with Crippen molar-refractivity contribution in [2.45, 2.75) is 19.6 Å². The number of benzene rings is 2. The van der Waals surface area contributed by atoms with E-state index in [0.29, 0.717) is 5.69 Å². The predicted octanol–water partition coefficient (Wildman–Crippen LogP) is 6.65. The average molecular weight is 398 g/mol. The van der Waals surface area contributed by atoms with Crippen LogP contribution in [0.25, 0.3) is 21.0 Å². The van der Waals surface area contributed by atoms with E-state index in [1.165, 1.54) is 16.0 Å². The third-order valence-electron chi connectivity index (χ3n) is 4.41. The Bertz CT molecular complexity index is 1090. The summed E-state index contributed by atoms with van der Waals surface area (Å²) in [5, 5.41) is 3.85. The van der Waals surface area contributed by atoms with E-state index in [1.54, 1.807) is 0 Å². The van der Waals surface area contributed by atoms with Crippen molar-refractivity contribution in [2.24, 2.45) is 0 Å². The fraction of sp³-hybridized carbons (Fsp3) is 0.136. The summed E-state index contributed by atoms with van der Waals surface area (Å²) in [7, 11) is 0. The summed E-state index contributed by atoms with van der Waals surface area (Å²) in [5.41, 5.74) is 2.70. The number of rotatable bonds is 4. The van der Waals surface area contributed by atoms with Crippen molar-refractivity contribution in [1.82, 2.24) is 9.78 Å². The van der Waals surface area contributed by atoms with Gasteiger partial charge in [-0.25, -0.2) is 0 Å². The first-order valence-corrected chi connectivity index (χ1v) is 9.58. The molecule has 0 N–H and O–H groups in total. The zero-order valence-electron chi connectivity index (χ0n) is 15.1. The molecule has 0 aliphatic heterocycles. The Morgan fingerprint density at radius 3 is 2.36 bits per heavy atom. The summed E-state index contributed by atoms with van der Waals surface area (Å²) in [6.45, 7) is 2.30. The molecule has 0 saturated heterocycles. The van der Waals surface area contributed by atoms with Crippen LogP contribution in [-0.2, 0) is 12.7 Å². The smallest absolute Gasteiger partial charge is 0.259 e. The Labute approximate surface area is 164 Å². The van der Waals surface area contributed by atoms with E-state index in [1.807, 2.05) is 67.6 Å². The van der Waals surface area contributed by atoms with E-state index in [-0.39, 0.29) is 6.54 Å². The molecule has 0 atom stereocenters. The third kappa shape index (κ3) is 3.87. The van der Waals surface area contributed by atoms with E-state index < -0.39 is 11.9 Å². The van der Waals surface area contributed by atoms with Crippen molar-refractivity contribution in [3.8, 4) is 21.0 Å². The molecule has 0 bridgehead atoms. The molecule has 142 valence electrons. The minimum absolute atomic E-state index is 0.282. The second-order valence-electron chi connectivity index (χ2n) is 6.59. The third-order valence-corrected chi connectivity index (χ3v) is 5.56. The van der Waals surface area contributed by atoms with E-state index >= 15 is 0 Å². The second-order valence-corrected chi connectivity index (χ2v) is 7.67. The maximum atomic E-state index is 13.3. The van der Waals surface area contributed by atoms with Gasteiger partial charge in [-0.1, -0.05) is 60.2 Å². The van der Waals surface area contributed by atoms with E-state index in [2.05, 4.69) is 11.2 Å². The Hall–Kier alpha value is -2.86. The van der Waals surface area contributed by atoms with Gasteiger partial charge in [0.2, 0.25) is 0 Å². The number of halogens is 3. The Balaban J connectivity index is 1.75. The zero-order chi connectivity index (χ0) is 19.7. The summed E-state index contributed by atoms with van der Waals surface area (Å²) in [5.74, 6) is 0. The standard InChI is InChI=1S/C22H17F3N2S/c1-15-6-5-9-17(12-15)19-10-11-20(28-19)18-13-21(22(23,24)25)26-27(18)14-16-7-3-2-4-8-16/h2-13H,14H2,1H3. The maximum Gasteiger partial charge on any atom is 0.435 e. The molecule has 4 rings (SSSR count). The molecule has 2 aromatic carbocycles. The van der Waals surface area contributed by atoms with Gasteiger partial charge in [0.05, 0.1) is 17.1 Å². The van der Waals surface area contributed by atoms with Crippen molar-refractivity contribution in [1.29, 1.82) is 0 Å². The van der Waals surface area contributed by atoms with E-state index in [9.17, 15) is 13.2 Å². The minimum atomic E-state index is -4.48. The number of thiophene rings is 1. The van der Waals surface area contributed by atoms with E-state index in [0.717, 1.165) is 32.5 Å². The number of nitrogens with zero attached hydrogens (tertiary/aromatic N) is 2. The van der Waals surface area contributed by atoms with Crippen LogP contribution in [0.3, 0.4) is 0 Å². The maximum absolute atomic E-state index is 13.3. The Morgan fingerprint density at radius 2 is 1.64 bits per heavy atom. The quantitative estimate of drug-likeness (QED) is 0.376. The summed E-state index contributed by atoms with van der Waals surface area (Å²) in [6, 6.07) is 22.4. The molecule has 4 aromatic rings. The number of aromatic nitrogens is 2. The molecule has 0 fully saturated rings. The zero-order valence-corrected chi connectivity index (χ0v) is 15.9. The van der Waals surface area contributed by atoms with Gasteiger partial charge in [-0.05, 0) is 36.2 Å². The molecule has 0 spiro atoms. The molecule has 0 radical (unpaired) electrons. The highest BCUT2D eigenvalue weighted by Crippen LogP contribution is 2.37. The van der Waals surface area contributed by atoms with Crippen LogP contribution in [0.15, 0.2) is 72.8 Å². The summed E-state index contributed by atoms with van der Waals surface area (Å²) >= 11 is 1.47. The SMILES string of the molecule is Cc1cccc(-c2ccc(-c3cc(C(F)(F)F)nn3Cc3ccccc3)s2)c1. The molecule has 0 aliphatic carbocycles. The number of hydrogen-bond donors (Lipinski definition) is 0. The summed E-state index contributed by atoms with van der Waals surface area (Å²) in [6.07, 6.45) is -4.48. The molecule has 28 heavy (non-hydrogen) atoms. The fourth-order valence-electron chi connectivity index (χ4n) is 3.06. The van der Waals surface area contributed by atoms with Crippen molar-refractivity contribution >= 4 is 11.3 Å². The molecular weight excluding hydrogens is 381 g/mol. The van der Waals surface area contributed by atoms with Gasteiger partial charge in [0, 0.05) is 4.88 Å². The number of aryl methyl sites for hydroxylation is 1. The Morgan fingerprint density at radius 1 is 0.893 bits per heavy atom. The van der Waals surface area contributed by atoms with Crippen LogP contribution < -0.4 is 0 Å². The highest BCUT2D eigenvalue weighted by atomic mass is 32.1. The lowest BCUT2D eigenvalue weighted by Gasteiger charge is -2.06. The van der Waals surface area contributed by atoms with Gasteiger partial charge < -0.3 is 0 Å². The van der Waals surface area contributed by atoms with Crippen LogP contribution in [0, 0.1) is 6.92 Å². The van der Waals surface area contributed by atoms with Crippen LogP contribution >= 0.6 is 11.3 Å². The molecule has 0 aliphatic rings.